The van der Waals surface area contributed by atoms with Crippen LogP contribution in [0.1, 0.15) is 32.6 Å². The highest BCUT2D eigenvalue weighted by Crippen LogP contribution is 2.30. The molecule has 2 heterocycles. The van der Waals surface area contributed by atoms with Crippen LogP contribution in [0.2, 0.25) is 0 Å². The first-order valence-corrected chi connectivity index (χ1v) is 12.4. The summed E-state index contributed by atoms with van der Waals surface area (Å²) >= 11 is 5.39. The molecule has 1 atom stereocenters. The van der Waals surface area contributed by atoms with Crippen molar-refractivity contribution in [2.45, 2.75) is 38.7 Å². The van der Waals surface area contributed by atoms with Gasteiger partial charge in [-0.15, -0.1) is 0 Å². The van der Waals surface area contributed by atoms with E-state index in [0.29, 0.717) is 56.6 Å². The van der Waals surface area contributed by atoms with Crippen molar-refractivity contribution in [3.63, 3.8) is 0 Å². The largest absolute Gasteiger partial charge is 0.456 e. The molecular weight excluding hydrogens is 475 g/mol. The second-order valence-corrected chi connectivity index (χ2v) is 9.70. The summed E-state index contributed by atoms with van der Waals surface area (Å²) in [6, 6.07) is 4.69. The van der Waals surface area contributed by atoms with E-state index in [1.54, 1.807) is 17.0 Å². The molecule has 1 saturated carbocycles. The minimum atomic E-state index is -0.506. The number of rotatable bonds is 8. The Morgan fingerprint density at radius 1 is 1.23 bits per heavy atom. The third kappa shape index (κ3) is 6.39. The van der Waals surface area contributed by atoms with Crippen LogP contribution in [0.3, 0.4) is 0 Å². The van der Waals surface area contributed by atoms with Gasteiger partial charge < -0.3 is 24.6 Å². The van der Waals surface area contributed by atoms with Gasteiger partial charge in [0.25, 0.3) is 5.91 Å². The molecule has 1 aromatic carbocycles. The highest BCUT2D eigenvalue weighted by molar-refractivity contribution is 7.80. The smallest absolute Gasteiger partial charge is 0.414 e. The SMILES string of the molecule is CC(=O)OCC(=O)N1CCN(c2ccc(N3CC(CNC(=S)CC4CCC4)OC3=O)cc2F)CC1. The molecule has 9 nitrogen and oxygen atoms in total. The molecule has 1 unspecified atom stereocenters. The monoisotopic (exact) mass is 506 g/mol. The van der Waals surface area contributed by atoms with E-state index in [-0.39, 0.29) is 18.6 Å². The highest BCUT2D eigenvalue weighted by atomic mass is 32.1. The van der Waals surface area contributed by atoms with Crippen molar-refractivity contribution in [3.05, 3.63) is 24.0 Å². The van der Waals surface area contributed by atoms with Gasteiger partial charge in [-0.25, -0.2) is 9.18 Å². The average molecular weight is 507 g/mol. The number of nitrogens with one attached hydrogen (secondary N) is 1. The van der Waals surface area contributed by atoms with Gasteiger partial charge in [0.2, 0.25) is 0 Å². The van der Waals surface area contributed by atoms with Crippen LogP contribution >= 0.6 is 12.2 Å². The number of hydrogen-bond donors (Lipinski definition) is 1. The highest BCUT2D eigenvalue weighted by Gasteiger charge is 2.33. The van der Waals surface area contributed by atoms with Gasteiger partial charge in [0, 0.05) is 39.5 Å². The molecule has 2 saturated heterocycles. The fraction of sp³-hybridized carbons (Fsp3) is 0.583. The summed E-state index contributed by atoms with van der Waals surface area (Å²) in [6.45, 7) is 3.42. The standard InChI is InChI=1S/C24H31FN4O5S/c1-16(30)33-15-23(31)28-9-7-27(8-10-28)21-6-5-18(12-20(21)25)29-14-19(34-24(29)32)13-26-22(35)11-17-3-2-4-17/h5-6,12,17,19H,2-4,7-11,13-15H2,1H3,(H,26,35). The molecule has 1 aliphatic carbocycles. The van der Waals surface area contributed by atoms with Crippen LogP contribution < -0.4 is 15.1 Å². The molecule has 190 valence electrons. The molecule has 3 fully saturated rings. The summed E-state index contributed by atoms with van der Waals surface area (Å²) in [5, 5.41) is 3.20. The number of esters is 1. The van der Waals surface area contributed by atoms with Gasteiger partial charge in [-0.1, -0.05) is 31.5 Å². The van der Waals surface area contributed by atoms with Gasteiger partial charge in [-0.3, -0.25) is 14.5 Å². The maximum absolute atomic E-state index is 15.0. The Bertz CT molecular complexity index is 981. The van der Waals surface area contributed by atoms with Crippen molar-refractivity contribution in [2.75, 3.05) is 55.7 Å². The molecule has 2 aliphatic heterocycles. The van der Waals surface area contributed by atoms with Crippen LogP contribution in [0, 0.1) is 11.7 Å². The predicted molar refractivity (Wildman–Crippen MR) is 132 cm³/mol. The zero-order valence-electron chi connectivity index (χ0n) is 19.8. The third-order valence-electron chi connectivity index (χ3n) is 6.71. The third-order valence-corrected chi connectivity index (χ3v) is 7.03. The lowest BCUT2D eigenvalue weighted by Crippen LogP contribution is -2.50. The lowest BCUT2D eigenvalue weighted by atomic mass is 9.83. The summed E-state index contributed by atoms with van der Waals surface area (Å²) in [5.41, 5.74) is 0.846. The van der Waals surface area contributed by atoms with E-state index in [0.717, 1.165) is 11.4 Å². The summed E-state index contributed by atoms with van der Waals surface area (Å²) < 4.78 is 25.2. The van der Waals surface area contributed by atoms with Crippen LogP contribution in [0.5, 0.6) is 0 Å². The van der Waals surface area contributed by atoms with Crippen molar-refractivity contribution in [1.82, 2.24) is 10.2 Å². The van der Waals surface area contributed by atoms with Crippen LogP contribution in [-0.4, -0.2) is 79.8 Å². The quantitative estimate of drug-likeness (QED) is 0.425. The molecule has 0 aromatic heterocycles. The van der Waals surface area contributed by atoms with Crippen molar-refractivity contribution < 1.29 is 28.2 Å². The molecule has 0 bridgehead atoms. The zero-order chi connectivity index (χ0) is 24.9. The van der Waals surface area contributed by atoms with Gasteiger partial charge in [-0.05, 0) is 24.1 Å². The lowest BCUT2D eigenvalue weighted by molar-refractivity contribution is -0.150. The van der Waals surface area contributed by atoms with E-state index in [1.165, 1.54) is 37.2 Å². The van der Waals surface area contributed by atoms with Crippen LogP contribution in [0.4, 0.5) is 20.6 Å². The summed E-state index contributed by atoms with van der Waals surface area (Å²) in [4.78, 5) is 41.1. The van der Waals surface area contributed by atoms with Crippen molar-refractivity contribution in [3.8, 4) is 0 Å². The molecule has 1 aromatic rings. The first-order valence-electron chi connectivity index (χ1n) is 12.0. The Labute approximate surface area is 209 Å². The summed E-state index contributed by atoms with van der Waals surface area (Å²) in [5.74, 6) is -0.548. The second-order valence-electron chi connectivity index (χ2n) is 9.21. The van der Waals surface area contributed by atoms with E-state index >= 15 is 4.39 Å². The molecule has 0 radical (unpaired) electrons. The number of ether oxygens (including phenoxy) is 2. The van der Waals surface area contributed by atoms with Gasteiger partial charge in [0.05, 0.1) is 29.5 Å². The van der Waals surface area contributed by atoms with Gasteiger partial charge in [-0.2, -0.15) is 0 Å². The molecule has 1 N–H and O–H groups in total. The van der Waals surface area contributed by atoms with E-state index in [4.69, 9.17) is 21.7 Å². The van der Waals surface area contributed by atoms with Crippen molar-refractivity contribution in [1.29, 1.82) is 0 Å². The van der Waals surface area contributed by atoms with E-state index in [2.05, 4.69) is 5.32 Å². The number of hydrogen-bond acceptors (Lipinski definition) is 7. The molecule has 0 spiro atoms. The maximum Gasteiger partial charge on any atom is 0.414 e. The zero-order valence-corrected chi connectivity index (χ0v) is 20.7. The van der Waals surface area contributed by atoms with E-state index in [9.17, 15) is 14.4 Å². The second kappa shape index (κ2) is 11.2. The Hall–Kier alpha value is -2.95. The summed E-state index contributed by atoms with van der Waals surface area (Å²) in [7, 11) is 0. The number of anilines is 2. The van der Waals surface area contributed by atoms with Gasteiger partial charge >= 0.3 is 12.1 Å². The lowest BCUT2D eigenvalue weighted by Gasteiger charge is -2.36. The van der Waals surface area contributed by atoms with Gasteiger partial charge in [0.1, 0.15) is 11.9 Å². The molecule has 11 heteroatoms. The number of nitrogens with zero attached hydrogens (tertiary/aromatic N) is 3. The summed E-state index contributed by atoms with van der Waals surface area (Å²) in [6.07, 6.45) is 3.72. The fourth-order valence-corrected chi connectivity index (χ4v) is 4.79. The predicted octanol–water partition coefficient (Wildman–Crippen LogP) is 2.47. The first kappa shape index (κ1) is 25.2. The number of piperazine rings is 1. The number of halogens is 1. The Morgan fingerprint density at radius 3 is 2.60 bits per heavy atom. The molecule has 3 aliphatic rings. The van der Waals surface area contributed by atoms with E-state index < -0.39 is 17.9 Å². The minimum Gasteiger partial charge on any atom is -0.456 e. The molecule has 4 rings (SSSR count). The number of thiocarbonyl (C=S) groups is 1. The Kier molecular flexibility index (Phi) is 8.04. The minimum absolute atomic E-state index is 0.268. The topological polar surface area (TPSA) is 91.4 Å². The fourth-order valence-electron chi connectivity index (χ4n) is 4.47. The molecular formula is C24H31FN4O5S. The number of carbonyl (C=O) groups is 3. The number of benzene rings is 1. The number of carbonyl (C=O) groups excluding carboxylic acids is 3. The van der Waals surface area contributed by atoms with Gasteiger partial charge in [0.15, 0.2) is 6.61 Å². The van der Waals surface area contributed by atoms with Crippen LogP contribution in [0.25, 0.3) is 0 Å². The molecule has 35 heavy (non-hydrogen) atoms. The average Bonchev–Trinajstić information content (AvgIpc) is 3.19. The normalized spacial score (nSPS) is 20.3. The first-order chi connectivity index (χ1) is 16.8. The van der Waals surface area contributed by atoms with E-state index in [1.807, 2.05) is 4.90 Å². The maximum atomic E-state index is 15.0. The van der Waals surface area contributed by atoms with Crippen molar-refractivity contribution in [2.24, 2.45) is 5.92 Å². The molecule has 2 amide bonds. The Morgan fingerprint density at radius 2 is 1.97 bits per heavy atom. The Balaban J connectivity index is 1.28. The van der Waals surface area contributed by atoms with Crippen LogP contribution in [0.15, 0.2) is 18.2 Å². The van der Waals surface area contributed by atoms with Crippen molar-refractivity contribution >= 4 is 46.6 Å². The number of cyclic esters (lactones) is 1. The van der Waals surface area contributed by atoms with Crippen LogP contribution in [-0.2, 0) is 19.1 Å². The number of amides is 2.